The number of hydrogen-bond donors (Lipinski definition) is 1. The van der Waals surface area contributed by atoms with E-state index >= 15 is 0 Å². The van der Waals surface area contributed by atoms with E-state index in [9.17, 15) is 4.79 Å². The van der Waals surface area contributed by atoms with Crippen molar-refractivity contribution >= 4 is 51.4 Å². The van der Waals surface area contributed by atoms with Crippen molar-refractivity contribution in [2.45, 2.75) is 33.4 Å². The third kappa shape index (κ3) is 5.62. The molecule has 1 heterocycles. The van der Waals surface area contributed by atoms with Crippen LogP contribution < -0.4 is 5.43 Å². The van der Waals surface area contributed by atoms with E-state index in [0.717, 1.165) is 37.7 Å². The minimum atomic E-state index is -0.146. The first kappa shape index (κ1) is 23.6. The van der Waals surface area contributed by atoms with E-state index in [1.807, 2.05) is 24.3 Å². The molecule has 0 aliphatic rings. The number of carbonyl (C=O) groups excluding carboxylic acids is 1. The van der Waals surface area contributed by atoms with Crippen molar-refractivity contribution in [2.75, 3.05) is 5.75 Å². The minimum Gasteiger partial charge on any atom is -0.316 e. The molecule has 0 radical (unpaired) electrons. The lowest BCUT2D eigenvalue weighted by atomic mass is 10.1. The lowest BCUT2D eigenvalue weighted by Gasteiger charge is -2.13. The molecule has 0 bridgehead atoms. The maximum Gasteiger partial charge on any atom is 0.250 e. The quantitative estimate of drug-likeness (QED) is 0.286. The van der Waals surface area contributed by atoms with Crippen molar-refractivity contribution in [1.82, 2.24) is 9.99 Å². The van der Waals surface area contributed by atoms with E-state index in [2.05, 4.69) is 76.9 Å². The van der Waals surface area contributed by atoms with Crippen LogP contribution in [0.2, 0.25) is 5.02 Å². The Labute approximate surface area is 201 Å². The Balaban J connectivity index is 1.66. The predicted molar refractivity (Wildman–Crippen MR) is 136 cm³/mol. The number of amides is 1. The van der Waals surface area contributed by atoms with Crippen LogP contribution in [0, 0.1) is 27.7 Å². The van der Waals surface area contributed by atoms with Crippen LogP contribution in [0.3, 0.4) is 0 Å². The molecule has 162 valence electrons. The molecule has 0 aliphatic heterocycles. The molecule has 0 saturated heterocycles. The summed E-state index contributed by atoms with van der Waals surface area (Å²) in [4.78, 5) is 12.2. The number of hydrogen-bond acceptors (Lipinski definition) is 3. The monoisotopic (exact) mass is 517 g/mol. The summed E-state index contributed by atoms with van der Waals surface area (Å²) < 4.78 is 3.18. The average molecular weight is 519 g/mol. The first-order valence-corrected chi connectivity index (χ1v) is 12.2. The molecule has 0 spiro atoms. The van der Waals surface area contributed by atoms with E-state index in [1.165, 1.54) is 22.9 Å². The van der Waals surface area contributed by atoms with Crippen LogP contribution in [0.15, 0.2) is 52.0 Å². The first-order chi connectivity index (χ1) is 14.8. The van der Waals surface area contributed by atoms with E-state index in [0.29, 0.717) is 11.5 Å². The highest BCUT2D eigenvalue weighted by Gasteiger charge is 2.17. The van der Waals surface area contributed by atoms with Gasteiger partial charge in [-0.2, -0.15) is 5.10 Å². The molecule has 3 aromatic rings. The topological polar surface area (TPSA) is 46.4 Å². The van der Waals surface area contributed by atoms with Crippen LogP contribution in [-0.4, -0.2) is 22.4 Å². The smallest absolute Gasteiger partial charge is 0.250 e. The molecular formula is C24H25BrClN3OS. The van der Waals surface area contributed by atoms with Gasteiger partial charge in [0.1, 0.15) is 0 Å². The number of hydrazone groups is 1. The molecule has 0 saturated carbocycles. The Hall–Kier alpha value is -2.02. The van der Waals surface area contributed by atoms with Gasteiger partial charge in [-0.3, -0.25) is 4.79 Å². The summed E-state index contributed by atoms with van der Waals surface area (Å²) in [5, 5.41) is 4.90. The van der Waals surface area contributed by atoms with Crippen LogP contribution in [0.5, 0.6) is 0 Å². The number of thioether (sulfide) groups is 1. The third-order valence-electron chi connectivity index (χ3n) is 5.04. The molecule has 0 atom stereocenters. The van der Waals surface area contributed by atoms with E-state index < -0.39 is 0 Å². The van der Waals surface area contributed by atoms with Crippen LogP contribution in [0.4, 0.5) is 0 Å². The molecule has 3 rings (SSSR count). The summed E-state index contributed by atoms with van der Waals surface area (Å²) in [7, 11) is 0. The molecule has 4 nitrogen and oxygen atoms in total. The zero-order chi connectivity index (χ0) is 22.5. The van der Waals surface area contributed by atoms with Gasteiger partial charge in [0.05, 0.1) is 12.0 Å². The molecule has 2 aromatic carbocycles. The Morgan fingerprint density at radius 3 is 2.61 bits per heavy atom. The number of rotatable bonds is 7. The van der Waals surface area contributed by atoms with Gasteiger partial charge in [0.2, 0.25) is 5.91 Å². The molecule has 0 unspecified atom stereocenters. The zero-order valence-electron chi connectivity index (χ0n) is 18.0. The van der Waals surface area contributed by atoms with Crippen LogP contribution in [0.1, 0.15) is 33.6 Å². The van der Waals surface area contributed by atoms with Crippen LogP contribution in [-0.2, 0) is 10.5 Å². The van der Waals surface area contributed by atoms with Gasteiger partial charge in [-0.1, -0.05) is 47.5 Å². The van der Waals surface area contributed by atoms with Crippen molar-refractivity contribution in [3.05, 3.63) is 85.6 Å². The fourth-order valence-corrected chi connectivity index (χ4v) is 5.13. The van der Waals surface area contributed by atoms with E-state index in [1.54, 1.807) is 6.21 Å². The van der Waals surface area contributed by atoms with Gasteiger partial charge in [0.25, 0.3) is 0 Å². The lowest BCUT2D eigenvalue weighted by molar-refractivity contribution is -0.118. The second-order valence-corrected chi connectivity index (χ2v) is 9.59. The number of carbonyl (C=O) groups is 1. The fourth-order valence-electron chi connectivity index (χ4n) is 3.46. The highest BCUT2D eigenvalue weighted by molar-refractivity contribution is 9.10. The highest BCUT2D eigenvalue weighted by atomic mass is 79.9. The third-order valence-corrected chi connectivity index (χ3v) is 7.39. The van der Waals surface area contributed by atoms with Crippen molar-refractivity contribution in [3.63, 3.8) is 0 Å². The summed E-state index contributed by atoms with van der Waals surface area (Å²) in [6.45, 7) is 8.33. The lowest BCUT2D eigenvalue weighted by Crippen LogP contribution is -2.19. The predicted octanol–water partition coefficient (Wildman–Crippen LogP) is 6.51. The molecule has 0 fully saturated rings. The summed E-state index contributed by atoms with van der Waals surface area (Å²) in [5.41, 5.74) is 10.3. The Morgan fingerprint density at radius 2 is 1.90 bits per heavy atom. The molecule has 1 N–H and O–H groups in total. The number of nitrogens with zero attached hydrogens (tertiary/aromatic N) is 2. The van der Waals surface area contributed by atoms with Crippen molar-refractivity contribution < 1.29 is 4.79 Å². The zero-order valence-corrected chi connectivity index (χ0v) is 21.2. The summed E-state index contributed by atoms with van der Waals surface area (Å²) in [6.07, 6.45) is 1.70. The summed E-state index contributed by atoms with van der Waals surface area (Å²) >= 11 is 11.3. The summed E-state index contributed by atoms with van der Waals surface area (Å²) in [6, 6.07) is 14.1. The molecule has 1 aromatic heterocycles. The van der Waals surface area contributed by atoms with E-state index in [-0.39, 0.29) is 5.91 Å². The SMILES string of the molecule is Cc1ccc(-n2c(C)c(Br)c(/C=N\NC(=O)CSCc3ccccc3Cl)c2C)c(C)c1. The normalized spacial score (nSPS) is 11.3. The second kappa shape index (κ2) is 10.5. The number of benzene rings is 2. The summed E-state index contributed by atoms with van der Waals surface area (Å²) in [5.74, 6) is 0.845. The first-order valence-electron chi connectivity index (χ1n) is 9.87. The number of nitrogens with one attached hydrogen (secondary N) is 1. The number of halogens is 2. The molecule has 7 heteroatoms. The number of aryl methyl sites for hydroxylation is 2. The van der Waals surface area contributed by atoms with Crippen molar-refractivity contribution in [1.29, 1.82) is 0 Å². The van der Waals surface area contributed by atoms with Gasteiger partial charge < -0.3 is 4.57 Å². The Kier molecular flexibility index (Phi) is 8.03. The molecule has 1 amide bonds. The van der Waals surface area contributed by atoms with Crippen molar-refractivity contribution in [2.24, 2.45) is 5.10 Å². The Morgan fingerprint density at radius 1 is 1.16 bits per heavy atom. The standard InChI is InChI=1S/C24H25BrClN3OS/c1-15-9-10-22(16(2)11-15)29-17(3)20(24(25)18(29)4)12-27-28-23(30)14-31-13-19-7-5-6-8-21(19)26/h5-12H,13-14H2,1-4H3,(H,28,30)/b27-12-. The van der Waals surface area contributed by atoms with Crippen LogP contribution >= 0.6 is 39.3 Å². The minimum absolute atomic E-state index is 0.146. The van der Waals surface area contributed by atoms with Gasteiger partial charge in [-0.05, 0) is 66.9 Å². The largest absolute Gasteiger partial charge is 0.316 e. The van der Waals surface area contributed by atoms with Crippen molar-refractivity contribution in [3.8, 4) is 5.69 Å². The highest BCUT2D eigenvalue weighted by Crippen LogP contribution is 2.31. The molecule has 0 aliphatic carbocycles. The van der Waals surface area contributed by atoms with Gasteiger partial charge in [0, 0.05) is 37.9 Å². The maximum absolute atomic E-state index is 12.2. The maximum atomic E-state index is 12.2. The van der Waals surface area contributed by atoms with Gasteiger partial charge in [0.15, 0.2) is 0 Å². The number of aromatic nitrogens is 1. The fraction of sp³-hybridized carbons (Fsp3) is 0.250. The molecule has 31 heavy (non-hydrogen) atoms. The van der Waals surface area contributed by atoms with Gasteiger partial charge in [-0.25, -0.2) is 5.43 Å². The Bertz CT molecular complexity index is 1140. The van der Waals surface area contributed by atoms with Crippen LogP contribution in [0.25, 0.3) is 5.69 Å². The molecular weight excluding hydrogens is 494 g/mol. The van der Waals surface area contributed by atoms with Gasteiger partial charge in [-0.15, -0.1) is 11.8 Å². The average Bonchev–Trinajstić information content (AvgIpc) is 2.93. The van der Waals surface area contributed by atoms with E-state index in [4.69, 9.17) is 11.6 Å². The second-order valence-electron chi connectivity index (χ2n) is 7.40. The van der Waals surface area contributed by atoms with Gasteiger partial charge >= 0.3 is 0 Å².